The Bertz CT molecular complexity index is 1050. The minimum Gasteiger partial charge on any atom is -0.481 e. The number of fused-ring (bicyclic) bond motifs is 1. The van der Waals surface area contributed by atoms with Gasteiger partial charge in [0.05, 0.1) is 17.9 Å². The smallest absolute Gasteiger partial charge is 0.310 e. The fourth-order valence-corrected chi connectivity index (χ4v) is 7.22. The number of benzene rings is 1. The van der Waals surface area contributed by atoms with Crippen LogP contribution in [-0.4, -0.2) is 75.2 Å². The maximum Gasteiger partial charge on any atom is 0.310 e. The number of unbranched alkanes of at least 4 members (excludes halogenated alkanes) is 3. The van der Waals surface area contributed by atoms with E-state index >= 15 is 0 Å². The first-order chi connectivity index (χ1) is 17.2. The number of aliphatic hydroxyl groups is 1. The largest absolute Gasteiger partial charge is 0.481 e. The van der Waals surface area contributed by atoms with Crippen LogP contribution in [0.3, 0.4) is 0 Å². The van der Waals surface area contributed by atoms with Crippen LogP contribution in [0.15, 0.2) is 30.9 Å². The Morgan fingerprint density at radius 2 is 2.00 bits per heavy atom. The van der Waals surface area contributed by atoms with E-state index in [4.69, 9.17) is 9.84 Å². The molecule has 3 aliphatic rings. The third-order valence-electron chi connectivity index (χ3n) is 7.85. The van der Waals surface area contributed by atoms with Crippen LogP contribution < -0.4 is 4.90 Å². The monoisotopic (exact) mass is 562 g/mol. The number of rotatable bonds is 11. The fraction of sp³-hybridized carbons (Fsp3) is 0.593. The highest BCUT2D eigenvalue weighted by Crippen LogP contribution is 2.60. The minimum absolute atomic E-state index is 0.115. The highest BCUT2D eigenvalue weighted by atomic mass is 79.9. The van der Waals surface area contributed by atoms with Crippen molar-refractivity contribution in [2.24, 2.45) is 11.8 Å². The van der Waals surface area contributed by atoms with Gasteiger partial charge in [0.2, 0.25) is 5.91 Å². The maximum atomic E-state index is 14.4. The molecule has 0 saturated carbocycles. The number of likely N-dealkylation sites (tertiary alicyclic amines) is 1. The highest BCUT2D eigenvalue weighted by Gasteiger charge is 2.76. The summed E-state index contributed by atoms with van der Waals surface area (Å²) in [5.74, 6) is -3.56. The molecule has 196 valence electrons. The van der Waals surface area contributed by atoms with Gasteiger partial charge in [-0.3, -0.25) is 14.4 Å². The number of carbonyl (C=O) groups is 3. The summed E-state index contributed by atoms with van der Waals surface area (Å²) >= 11 is 3.58. The van der Waals surface area contributed by atoms with Gasteiger partial charge in [-0.15, -0.1) is 6.58 Å². The Morgan fingerprint density at radius 3 is 2.67 bits per heavy atom. The standard InChI is InChI=1S/C27H35BrN2O6/c1-4-11-29(19-14-16(2)9-10-17(19)3)25(33)23-27-15-18(28)22(36-27)20(26(34)35)21(27)24(32)30(23)12-7-5-6-8-13-31/h4,9-10,14,18,20-23,31H,1,5-8,11-13,15H2,2-3H3,(H,34,35)/t18?,20-,21+,22-,23-,27+/m1/s1. The number of ether oxygens (including phenoxy) is 1. The minimum atomic E-state index is -1.20. The second-order valence-corrected chi connectivity index (χ2v) is 11.4. The highest BCUT2D eigenvalue weighted by molar-refractivity contribution is 9.09. The molecule has 1 spiro atoms. The zero-order chi connectivity index (χ0) is 26.2. The number of aliphatic hydroxyl groups excluding tert-OH is 1. The van der Waals surface area contributed by atoms with Gasteiger partial charge in [-0.25, -0.2) is 0 Å². The molecular formula is C27H35BrN2O6. The first kappa shape index (κ1) is 26.8. The van der Waals surface area contributed by atoms with Gasteiger partial charge in [0, 0.05) is 30.2 Å². The third-order valence-corrected chi connectivity index (χ3v) is 8.69. The van der Waals surface area contributed by atoms with Crippen LogP contribution >= 0.6 is 15.9 Å². The molecule has 3 fully saturated rings. The van der Waals surface area contributed by atoms with Gasteiger partial charge in [0.25, 0.3) is 5.91 Å². The van der Waals surface area contributed by atoms with E-state index in [1.807, 2.05) is 32.0 Å². The van der Waals surface area contributed by atoms with Crippen molar-refractivity contribution in [1.82, 2.24) is 4.90 Å². The average molecular weight is 563 g/mol. The third kappa shape index (κ3) is 4.39. The van der Waals surface area contributed by atoms with Crippen molar-refractivity contribution < 1.29 is 29.3 Å². The normalized spacial score (nSPS) is 30.5. The van der Waals surface area contributed by atoms with E-state index in [9.17, 15) is 19.5 Å². The molecule has 0 radical (unpaired) electrons. The van der Waals surface area contributed by atoms with Crippen LogP contribution in [-0.2, 0) is 19.1 Å². The van der Waals surface area contributed by atoms with Gasteiger partial charge in [0.15, 0.2) is 0 Å². The lowest BCUT2D eigenvalue weighted by molar-refractivity contribution is -0.149. The van der Waals surface area contributed by atoms with Gasteiger partial charge in [0.1, 0.15) is 11.6 Å². The molecule has 2 N–H and O–H groups in total. The van der Waals surface area contributed by atoms with Crippen molar-refractivity contribution in [3.8, 4) is 0 Å². The predicted octanol–water partition coefficient (Wildman–Crippen LogP) is 3.21. The molecule has 0 aliphatic carbocycles. The molecule has 3 saturated heterocycles. The van der Waals surface area contributed by atoms with Crippen molar-refractivity contribution in [3.63, 3.8) is 0 Å². The summed E-state index contributed by atoms with van der Waals surface area (Å²) in [6.45, 7) is 8.44. The molecule has 3 heterocycles. The number of halogens is 1. The van der Waals surface area contributed by atoms with Crippen LogP contribution in [0.2, 0.25) is 0 Å². The quantitative estimate of drug-likeness (QED) is 0.243. The van der Waals surface area contributed by atoms with E-state index in [-0.39, 0.29) is 29.8 Å². The van der Waals surface area contributed by atoms with E-state index < -0.39 is 35.6 Å². The summed E-state index contributed by atoms with van der Waals surface area (Å²) in [5.41, 5.74) is 1.47. The average Bonchev–Trinajstić information content (AvgIpc) is 3.42. The first-order valence-corrected chi connectivity index (χ1v) is 13.5. The number of carboxylic acid groups (broad SMARTS) is 1. The van der Waals surface area contributed by atoms with Crippen LogP contribution in [0.1, 0.15) is 43.2 Å². The lowest BCUT2D eigenvalue weighted by atomic mass is 9.70. The van der Waals surface area contributed by atoms with Crippen molar-refractivity contribution in [2.75, 3.05) is 24.6 Å². The van der Waals surface area contributed by atoms with E-state index in [1.54, 1.807) is 15.9 Å². The molecule has 6 atom stereocenters. The number of carbonyl (C=O) groups excluding carboxylic acids is 2. The second-order valence-electron chi connectivity index (χ2n) is 10.2. The summed E-state index contributed by atoms with van der Waals surface area (Å²) in [5, 5.41) is 19.1. The molecule has 2 amide bonds. The SMILES string of the molecule is C=CCN(C(=O)[C@H]1N(CCCCCCO)C(=O)[C@@H]2[C@@H](C(=O)O)[C@@H]3O[C@@]21CC3Br)c1cc(C)ccc1C. The van der Waals surface area contributed by atoms with E-state index in [2.05, 4.69) is 22.5 Å². The first-order valence-electron chi connectivity index (χ1n) is 12.6. The molecular weight excluding hydrogens is 528 g/mol. The topological polar surface area (TPSA) is 107 Å². The molecule has 1 aromatic rings. The number of hydrogen-bond acceptors (Lipinski definition) is 5. The molecule has 36 heavy (non-hydrogen) atoms. The van der Waals surface area contributed by atoms with Crippen LogP contribution in [0, 0.1) is 25.7 Å². The second kappa shape index (κ2) is 10.6. The van der Waals surface area contributed by atoms with Crippen LogP contribution in [0.5, 0.6) is 0 Å². The Labute approximate surface area is 220 Å². The van der Waals surface area contributed by atoms with E-state index in [0.29, 0.717) is 25.8 Å². The summed E-state index contributed by atoms with van der Waals surface area (Å²) < 4.78 is 6.37. The Morgan fingerprint density at radius 1 is 1.28 bits per heavy atom. The van der Waals surface area contributed by atoms with E-state index in [1.165, 1.54) is 0 Å². The fourth-order valence-electron chi connectivity index (χ4n) is 6.27. The molecule has 1 aromatic carbocycles. The zero-order valence-electron chi connectivity index (χ0n) is 20.9. The van der Waals surface area contributed by atoms with Gasteiger partial charge >= 0.3 is 5.97 Å². The molecule has 2 bridgehead atoms. The van der Waals surface area contributed by atoms with Gasteiger partial charge in [-0.05, 0) is 50.3 Å². The summed E-state index contributed by atoms with van der Waals surface area (Å²) in [6, 6.07) is 4.96. The summed E-state index contributed by atoms with van der Waals surface area (Å²) in [7, 11) is 0. The number of nitrogens with zero attached hydrogens (tertiary/aromatic N) is 2. The zero-order valence-corrected chi connectivity index (χ0v) is 22.4. The molecule has 3 aliphatic heterocycles. The number of alkyl halides is 1. The summed E-state index contributed by atoms with van der Waals surface area (Å²) in [4.78, 5) is 43.5. The summed E-state index contributed by atoms with van der Waals surface area (Å²) in [6.07, 6.45) is 4.34. The molecule has 4 rings (SSSR count). The van der Waals surface area contributed by atoms with Gasteiger partial charge in [-0.1, -0.05) is 47.0 Å². The van der Waals surface area contributed by atoms with Crippen molar-refractivity contribution in [1.29, 1.82) is 0 Å². The number of amides is 2. The maximum absolute atomic E-state index is 14.4. The number of aliphatic carboxylic acids is 1. The predicted molar refractivity (Wildman–Crippen MR) is 139 cm³/mol. The van der Waals surface area contributed by atoms with Crippen LogP contribution in [0.25, 0.3) is 0 Å². The molecule has 8 nitrogen and oxygen atoms in total. The molecule has 9 heteroatoms. The Balaban J connectivity index is 1.75. The van der Waals surface area contributed by atoms with Crippen LogP contribution in [0.4, 0.5) is 5.69 Å². The lowest BCUT2D eigenvalue weighted by Crippen LogP contribution is -2.57. The van der Waals surface area contributed by atoms with Crippen molar-refractivity contribution in [2.45, 2.75) is 68.5 Å². The van der Waals surface area contributed by atoms with Crippen molar-refractivity contribution >= 4 is 39.4 Å². The Kier molecular flexibility index (Phi) is 7.92. The van der Waals surface area contributed by atoms with Gasteiger partial charge < -0.3 is 24.7 Å². The number of carboxylic acids is 1. The molecule has 1 unspecified atom stereocenters. The van der Waals surface area contributed by atoms with Gasteiger partial charge in [-0.2, -0.15) is 0 Å². The Hall–Kier alpha value is -2.23. The molecule has 0 aromatic heterocycles. The number of aryl methyl sites for hydroxylation is 2. The number of anilines is 1. The van der Waals surface area contributed by atoms with E-state index in [0.717, 1.165) is 29.7 Å². The lowest BCUT2D eigenvalue weighted by Gasteiger charge is -2.37. The number of hydrogen-bond donors (Lipinski definition) is 2. The van der Waals surface area contributed by atoms with Crippen molar-refractivity contribution in [3.05, 3.63) is 42.0 Å².